The van der Waals surface area contributed by atoms with Crippen molar-refractivity contribution in [1.82, 2.24) is 0 Å². The summed E-state index contributed by atoms with van der Waals surface area (Å²) < 4.78 is 15.1. The maximum Gasteiger partial charge on any atom is 0.346 e. The summed E-state index contributed by atoms with van der Waals surface area (Å²) in [6, 6.07) is 12.2. The Kier molecular flexibility index (Phi) is 5.49. The van der Waals surface area contributed by atoms with Gasteiger partial charge in [-0.15, -0.1) is 0 Å². The highest BCUT2D eigenvalue weighted by Crippen LogP contribution is 2.38. The molecule has 4 rings (SSSR count). The Balaban J connectivity index is 2.09. The summed E-state index contributed by atoms with van der Waals surface area (Å²) in [4.78, 5) is 48.9. The molecule has 0 bridgehead atoms. The number of methoxy groups -OCH3 is 2. The summed E-state index contributed by atoms with van der Waals surface area (Å²) in [7, 11) is 2.25. The maximum atomic E-state index is 13.0. The quantitative estimate of drug-likeness (QED) is 0.276. The third kappa shape index (κ3) is 3.74. The molecule has 33 heavy (non-hydrogen) atoms. The molecule has 0 saturated heterocycles. The highest BCUT2D eigenvalue weighted by molar-refractivity contribution is 6.27. The molecule has 3 aromatic rings. The van der Waals surface area contributed by atoms with Crippen LogP contribution in [-0.4, -0.2) is 31.1 Å². The van der Waals surface area contributed by atoms with Crippen LogP contribution in [0.5, 0.6) is 0 Å². The van der Waals surface area contributed by atoms with Gasteiger partial charge in [0.05, 0.1) is 41.5 Å². The van der Waals surface area contributed by atoms with Crippen molar-refractivity contribution >= 4 is 45.6 Å². The third-order valence-electron chi connectivity index (χ3n) is 5.06. The Morgan fingerprint density at radius 2 is 1.67 bits per heavy atom. The molecule has 0 fully saturated rings. The molecular formula is C23H16N2O8. The molecule has 10 heteroatoms. The molecule has 0 spiro atoms. The Morgan fingerprint density at radius 3 is 2.30 bits per heavy atom. The predicted octanol–water partition coefficient (Wildman–Crippen LogP) is 3.27. The fourth-order valence-electron chi connectivity index (χ4n) is 3.53. The number of nitro benzene ring substituents is 1. The average molecular weight is 448 g/mol. The van der Waals surface area contributed by atoms with E-state index >= 15 is 0 Å². The van der Waals surface area contributed by atoms with E-state index in [0.717, 1.165) is 14.2 Å². The second-order valence-electron chi connectivity index (χ2n) is 6.89. The van der Waals surface area contributed by atoms with Crippen LogP contribution in [0.2, 0.25) is 0 Å². The van der Waals surface area contributed by atoms with Crippen LogP contribution in [0.25, 0.3) is 22.2 Å². The highest BCUT2D eigenvalue weighted by Gasteiger charge is 2.32. The van der Waals surface area contributed by atoms with Crippen LogP contribution >= 0.6 is 0 Å². The van der Waals surface area contributed by atoms with Crippen LogP contribution in [0.15, 0.2) is 69.4 Å². The number of benzene rings is 2. The zero-order valence-electron chi connectivity index (χ0n) is 17.4. The minimum atomic E-state index is -0.942. The zero-order valence-corrected chi connectivity index (χ0v) is 17.4. The van der Waals surface area contributed by atoms with Gasteiger partial charge in [0.2, 0.25) is 0 Å². The first kappa shape index (κ1) is 21.5. The SMILES string of the molecule is COC(=O)C1=C(C(=O)OC)c2c(c3ccccc3oc2=O)NC(c2ccc([N+](=O)[O-])cc2)=C1. The minimum Gasteiger partial charge on any atom is -0.465 e. The van der Waals surface area contributed by atoms with Gasteiger partial charge < -0.3 is 19.2 Å². The van der Waals surface area contributed by atoms with Crippen molar-refractivity contribution in [3.05, 3.63) is 91.8 Å². The van der Waals surface area contributed by atoms with E-state index in [1.54, 1.807) is 24.3 Å². The number of carbonyl (C=O) groups is 2. The number of rotatable bonds is 4. The highest BCUT2D eigenvalue weighted by atomic mass is 16.6. The number of nitrogens with zero attached hydrogens (tertiary/aromatic N) is 1. The lowest BCUT2D eigenvalue weighted by Crippen LogP contribution is -2.18. The molecule has 1 aliphatic rings. The largest absolute Gasteiger partial charge is 0.465 e. The van der Waals surface area contributed by atoms with E-state index in [9.17, 15) is 24.5 Å². The van der Waals surface area contributed by atoms with E-state index in [0.29, 0.717) is 16.6 Å². The first-order chi connectivity index (χ1) is 15.8. The van der Waals surface area contributed by atoms with Crippen molar-refractivity contribution < 1.29 is 28.4 Å². The van der Waals surface area contributed by atoms with Crippen LogP contribution in [0.3, 0.4) is 0 Å². The van der Waals surface area contributed by atoms with Gasteiger partial charge in [-0.3, -0.25) is 10.1 Å². The number of fused-ring (bicyclic) bond motifs is 3. The Morgan fingerprint density at radius 1 is 1.00 bits per heavy atom. The van der Waals surface area contributed by atoms with Crippen molar-refractivity contribution in [3.63, 3.8) is 0 Å². The van der Waals surface area contributed by atoms with Crippen molar-refractivity contribution in [1.29, 1.82) is 0 Å². The van der Waals surface area contributed by atoms with Crippen LogP contribution in [0, 0.1) is 10.1 Å². The molecule has 0 amide bonds. The van der Waals surface area contributed by atoms with Gasteiger partial charge in [-0.2, -0.15) is 0 Å². The molecular weight excluding hydrogens is 432 g/mol. The Bertz CT molecular complexity index is 1430. The van der Waals surface area contributed by atoms with E-state index in [1.165, 1.54) is 30.3 Å². The van der Waals surface area contributed by atoms with Crippen LogP contribution in [-0.2, 0) is 19.1 Å². The van der Waals surface area contributed by atoms with E-state index < -0.39 is 22.5 Å². The monoisotopic (exact) mass is 448 g/mol. The molecule has 0 aliphatic carbocycles. The average Bonchev–Trinajstić information content (AvgIpc) is 3.01. The summed E-state index contributed by atoms with van der Waals surface area (Å²) in [5.74, 6) is -1.83. The maximum absolute atomic E-state index is 13.0. The lowest BCUT2D eigenvalue weighted by atomic mass is 9.98. The molecule has 1 aliphatic heterocycles. The molecule has 2 aromatic carbocycles. The number of nitro groups is 1. The van der Waals surface area contributed by atoms with Gasteiger partial charge in [0.15, 0.2) is 0 Å². The summed E-state index contributed by atoms with van der Waals surface area (Å²) in [6.07, 6.45) is 1.33. The number of para-hydroxylation sites is 1. The van der Waals surface area contributed by atoms with Gasteiger partial charge in [-0.05, 0) is 35.9 Å². The molecule has 2 heterocycles. The van der Waals surface area contributed by atoms with Gasteiger partial charge in [-0.1, -0.05) is 12.1 Å². The van der Waals surface area contributed by atoms with E-state index in [2.05, 4.69) is 5.32 Å². The minimum absolute atomic E-state index is 0.126. The normalized spacial score (nSPS) is 12.8. The lowest BCUT2D eigenvalue weighted by molar-refractivity contribution is -0.384. The summed E-state index contributed by atoms with van der Waals surface area (Å²) in [6.45, 7) is 0. The second-order valence-corrected chi connectivity index (χ2v) is 6.89. The molecule has 0 saturated carbocycles. The topological polar surface area (TPSA) is 138 Å². The molecule has 166 valence electrons. The molecule has 0 unspecified atom stereocenters. The van der Waals surface area contributed by atoms with Gasteiger partial charge in [0.1, 0.15) is 5.58 Å². The van der Waals surface area contributed by atoms with Gasteiger partial charge >= 0.3 is 17.6 Å². The third-order valence-corrected chi connectivity index (χ3v) is 5.06. The summed E-state index contributed by atoms with van der Waals surface area (Å²) >= 11 is 0. The fraction of sp³-hybridized carbons (Fsp3) is 0.0870. The molecule has 0 atom stereocenters. The summed E-state index contributed by atoms with van der Waals surface area (Å²) in [5.41, 5.74) is -0.551. The number of hydrogen-bond acceptors (Lipinski definition) is 9. The zero-order chi connectivity index (χ0) is 23.7. The van der Waals surface area contributed by atoms with Crippen molar-refractivity contribution in [2.75, 3.05) is 19.5 Å². The van der Waals surface area contributed by atoms with Gasteiger partial charge in [-0.25, -0.2) is 14.4 Å². The van der Waals surface area contributed by atoms with Crippen LogP contribution in [0.1, 0.15) is 11.1 Å². The Hall–Kier alpha value is -4.73. The van der Waals surface area contributed by atoms with E-state index in [4.69, 9.17) is 13.9 Å². The van der Waals surface area contributed by atoms with Crippen LogP contribution < -0.4 is 10.9 Å². The molecule has 1 N–H and O–H groups in total. The lowest BCUT2D eigenvalue weighted by Gasteiger charge is -2.14. The standard InChI is InChI=1S/C23H16N2O8/c1-31-21(26)15-11-16(12-7-9-13(10-8-12)25(29)30)24-20-14-5-3-4-6-17(14)33-23(28)19(20)18(15)22(27)32-2/h3-11,24H,1-2H3. The predicted molar refractivity (Wildman–Crippen MR) is 118 cm³/mol. The Labute approximate surface area is 185 Å². The van der Waals surface area contributed by atoms with Crippen molar-refractivity contribution in [3.8, 4) is 0 Å². The summed E-state index contributed by atoms with van der Waals surface area (Å²) in [5, 5.41) is 14.6. The number of nitrogens with one attached hydrogen (secondary N) is 1. The first-order valence-electron chi connectivity index (χ1n) is 9.56. The van der Waals surface area contributed by atoms with Crippen molar-refractivity contribution in [2.45, 2.75) is 0 Å². The number of carbonyl (C=O) groups excluding carboxylic acids is 2. The molecule has 0 radical (unpaired) electrons. The number of esters is 2. The molecule has 1 aromatic heterocycles. The number of ether oxygens (including phenoxy) is 2. The van der Waals surface area contributed by atoms with Gasteiger partial charge in [0.25, 0.3) is 5.69 Å². The number of hydrogen-bond donors (Lipinski definition) is 1. The smallest absolute Gasteiger partial charge is 0.346 e. The molecule has 10 nitrogen and oxygen atoms in total. The van der Waals surface area contributed by atoms with Crippen molar-refractivity contribution in [2.24, 2.45) is 0 Å². The van der Waals surface area contributed by atoms with Crippen LogP contribution in [0.4, 0.5) is 11.4 Å². The first-order valence-corrected chi connectivity index (χ1v) is 9.56. The number of anilines is 1. The number of non-ortho nitro benzene ring substituents is 1. The fourth-order valence-corrected chi connectivity index (χ4v) is 3.53. The van der Waals surface area contributed by atoms with E-state index in [1.807, 2.05) is 0 Å². The van der Waals surface area contributed by atoms with Gasteiger partial charge in [0, 0.05) is 23.2 Å². The van der Waals surface area contributed by atoms with E-state index in [-0.39, 0.29) is 33.7 Å². The second kappa shape index (κ2) is 8.42.